The highest BCUT2D eigenvalue weighted by molar-refractivity contribution is 5.92. The SMILES string of the molecule is CCOC(=O)N1CCC(NC(=O)c2ccnc(NCc3ccco3)n2)CC1. The molecule has 0 radical (unpaired) electrons. The number of carbonyl (C=O) groups is 2. The fourth-order valence-electron chi connectivity index (χ4n) is 2.83. The number of nitrogens with one attached hydrogen (secondary N) is 2. The molecule has 2 amide bonds. The third kappa shape index (κ3) is 5.19. The second-order valence-corrected chi connectivity index (χ2v) is 6.13. The van der Waals surface area contributed by atoms with Crippen LogP contribution in [-0.4, -0.2) is 52.6 Å². The molecule has 3 heterocycles. The lowest BCUT2D eigenvalue weighted by Crippen LogP contribution is -2.46. The number of furan rings is 1. The highest BCUT2D eigenvalue weighted by atomic mass is 16.6. The van der Waals surface area contributed by atoms with Gasteiger partial charge in [-0.1, -0.05) is 0 Å². The van der Waals surface area contributed by atoms with Crippen LogP contribution in [0.4, 0.5) is 10.7 Å². The maximum Gasteiger partial charge on any atom is 0.409 e. The zero-order valence-electron chi connectivity index (χ0n) is 15.2. The average Bonchev–Trinajstić information content (AvgIpc) is 3.21. The van der Waals surface area contributed by atoms with E-state index in [1.165, 1.54) is 6.20 Å². The summed E-state index contributed by atoms with van der Waals surface area (Å²) in [6.45, 7) is 3.70. The number of likely N-dealkylation sites (tertiary alicyclic amines) is 1. The van der Waals surface area contributed by atoms with Crippen LogP contribution in [0.3, 0.4) is 0 Å². The van der Waals surface area contributed by atoms with Crippen molar-refractivity contribution in [2.24, 2.45) is 0 Å². The Morgan fingerprint density at radius 1 is 1.33 bits per heavy atom. The minimum atomic E-state index is -0.301. The van der Waals surface area contributed by atoms with Crippen molar-refractivity contribution < 1.29 is 18.7 Å². The standard InChI is InChI=1S/C18H23N5O4/c1-2-26-18(25)23-9-6-13(7-10-23)21-16(24)15-5-8-19-17(22-15)20-12-14-4-3-11-27-14/h3-5,8,11,13H,2,6-7,9-10,12H2,1H3,(H,21,24)(H,19,20,22). The van der Waals surface area contributed by atoms with E-state index in [1.807, 2.05) is 6.07 Å². The van der Waals surface area contributed by atoms with Gasteiger partial charge < -0.3 is 24.7 Å². The van der Waals surface area contributed by atoms with Crippen molar-refractivity contribution in [1.82, 2.24) is 20.2 Å². The lowest BCUT2D eigenvalue weighted by atomic mass is 10.1. The molecule has 27 heavy (non-hydrogen) atoms. The molecular weight excluding hydrogens is 350 g/mol. The number of amides is 2. The molecule has 0 unspecified atom stereocenters. The van der Waals surface area contributed by atoms with Gasteiger partial charge in [0.05, 0.1) is 19.4 Å². The molecule has 3 rings (SSSR count). The van der Waals surface area contributed by atoms with Gasteiger partial charge in [0.2, 0.25) is 5.95 Å². The van der Waals surface area contributed by atoms with Gasteiger partial charge in [-0.3, -0.25) is 4.79 Å². The number of piperidine rings is 1. The molecule has 1 aliphatic heterocycles. The normalized spacial score (nSPS) is 14.6. The second-order valence-electron chi connectivity index (χ2n) is 6.13. The summed E-state index contributed by atoms with van der Waals surface area (Å²) in [5.74, 6) is 0.853. The Morgan fingerprint density at radius 3 is 2.85 bits per heavy atom. The first-order valence-corrected chi connectivity index (χ1v) is 8.97. The van der Waals surface area contributed by atoms with E-state index in [2.05, 4.69) is 20.6 Å². The molecule has 0 saturated carbocycles. The number of rotatable bonds is 6. The maximum absolute atomic E-state index is 12.5. The zero-order valence-corrected chi connectivity index (χ0v) is 15.2. The number of anilines is 1. The summed E-state index contributed by atoms with van der Waals surface area (Å²) < 4.78 is 10.2. The van der Waals surface area contributed by atoms with Crippen LogP contribution in [-0.2, 0) is 11.3 Å². The van der Waals surface area contributed by atoms with Crippen molar-refractivity contribution in [3.63, 3.8) is 0 Å². The largest absolute Gasteiger partial charge is 0.467 e. The van der Waals surface area contributed by atoms with Gasteiger partial charge in [0.15, 0.2) is 0 Å². The van der Waals surface area contributed by atoms with E-state index in [4.69, 9.17) is 9.15 Å². The molecule has 9 heteroatoms. The van der Waals surface area contributed by atoms with Crippen LogP contribution < -0.4 is 10.6 Å². The Morgan fingerprint density at radius 2 is 2.15 bits per heavy atom. The Balaban J connectivity index is 1.49. The fraction of sp³-hybridized carbons (Fsp3) is 0.444. The lowest BCUT2D eigenvalue weighted by Gasteiger charge is -2.31. The van der Waals surface area contributed by atoms with Crippen LogP contribution in [0, 0.1) is 0 Å². The summed E-state index contributed by atoms with van der Waals surface area (Å²) >= 11 is 0. The first-order valence-electron chi connectivity index (χ1n) is 8.97. The van der Waals surface area contributed by atoms with Gasteiger partial charge >= 0.3 is 6.09 Å². The summed E-state index contributed by atoms with van der Waals surface area (Å²) in [5, 5.41) is 5.99. The Hall–Kier alpha value is -3.10. The summed E-state index contributed by atoms with van der Waals surface area (Å²) in [7, 11) is 0. The molecule has 1 aliphatic rings. The predicted octanol–water partition coefficient (Wildman–Crippen LogP) is 2.03. The van der Waals surface area contributed by atoms with Gasteiger partial charge in [0, 0.05) is 25.3 Å². The van der Waals surface area contributed by atoms with E-state index >= 15 is 0 Å². The Kier molecular flexibility index (Phi) is 6.24. The van der Waals surface area contributed by atoms with E-state index in [-0.39, 0.29) is 18.0 Å². The van der Waals surface area contributed by atoms with Crippen molar-refractivity contribution in [1.29, 1.82) is 0 Å². The molecule has 144 valence electrons. The van der Waals surface area contributed by atoms with Crippen molar-refractivity contribution in [3.05, 3.63) is 42.1 Å². The van der Waals surface area contributed by atoms with Gasteiger partial charge in [0.25, 0.3) is 5.91 Å². The van der Waals surface area contributed by atoms with Gasteiger partial charge in [-0.2, -0.15) is 0 Å². The second kappa shape index (κ2) is 9.02. The van der Waals surface area contributed by atoms with E-state index < -0.39 is 0 Å². The quantitative estimate of drug-likeness (QED) is 0.797. The molecule has 0 spiro atoms. The molecule has 9 nitrogen and oxygen atoms in total. The van der Waals surface area contributed by atoms with Gasteiger partial charge in [-0.05, 0) is 38.0 Å². The number of nitrogens with zero attached hydrogens (tertiary/aromatic N) is 3. The summed E-state index contributed by atoms with van der Waals surface area (Å²) in [6, 6.07) is 5.21. The molecule has 0 aromatic carbocycles. The van der Waals surface area contributed by atoms with Crippen LogP contribution in [0.15, 0.2) is 35.1 Å². The van der Waals surface area contributed by atoms with E-state index in [0.717, 1.165) is 5.76 Å². The first-order chi connectivity index (χ1) is 13.2. The summed E-state index contributed by atoms with van der Waals surface area (Å²) in [6.07, 6.45) is 4.19. The van der Waals surface area contributed by atoms with Gasteiger partial charge in [-0.25, -0.2) is 14.8 Å². The van der Waals surface area contributed by atoms with Gasteiger partial charge in [0.1, 0.15) is 11.5 Å². The Labute approximate surface area is 157 Å². The number of aromatic nitrogens is 2. The number of hydrogen-bond acceptors (Lipinski definition) is 7. The average molecular weight is 373 g/mol. The third-order valence-corrected chi connectivity index (χ3v) is 4.25. The fourth-order valence-corrected chi connectivity index (χ4v) is 2.83. The molecule has 0 atom stereocenters. The monoisotopic (exact) mass is 373 g/mol. The van der Waals surface area contributed by atoms with Gasteiger partial charge in [-0.15, -0.1) is 0 Å². The molecule has 1 saturated heterocycles. The molecule has 1 fully saturated rings. The summed E-state index contributed by atoms with van der Waals surface area (Å²) in [5.41, 5.74) is 0.291. The third-order valence-electron chi connectivity index (χ3n) is 4.25. The lowest BCUT2D eigenvalue weighted by molar-refractivity contribution is 0.0856. The molecule has 2 aromatic rings. The zero-order chi connectivity index (χ0) is 19.1. The minimum absolute atomic E-state index is 0.00216. The minimum Gasteiger partial charge on any atom is -0.467 e. The topological polar surface area (TPSA) is 110 Å². The molecule has 2 aromatic heterocycles. The molecule has 0 aliphatic carbocycles. The van der Waals surface area contributed by atoms with Crippen molar-refractivity contribution >= 4 is 17.9 Å². The van der Waals surface area contributed by atoms with Crippen molar-refractivity contribution in [2.75, 3.05) is 25.0 Å². The van der Waals surface area contributed by atoms with E-state index in [0.29, 0.717) is 50.7 Å². The predicted molar refractivity (Wildman–Crippen MR) is 97.1 cm³/mol. The maximum atomic E-state index is 12.5. The van der Waals surface area contributed by atoms with E-state index in [9.17, 15) is 9.59 Å². The number of ether oxygens (including phenoxy) is 1. The smallest absolute Gasteiger partial charge is 0.409 e. The highest BCUT2D eigenvalue weighted by Gasteiger charge is 2.25. The molecular formula is C18H23N5O4. The highest BCUT2D eigenvalue weighted by Crippen LogP contribution is 2.12. The first kappa shape index (κ1) is 18.7. The molecule has 2 N–H and O–H groups in total. The van der Waals surface area contributed by atoms with E-state index in [1.54, 1.807) is 30.2 Å². The van der Waals surface area contributed by atoms with Crippen LogP contribution in [0.1, 0.15) is 36.0 Å². The van der Waals surface area contributed by atoms with Crippen molar-refractivity contribution in [3.8, 4) is 0 Å². The summed E-state index contributed by atoms with van der Waals surface area (Å²) in [4.78, 5) is 34.2. The molecule has 0 bridgehead atoms. The van der Waals surface area contributed by atoms with Crippen LogP contribution in [0.5, 0.6) is 0 Å². The Bertz CT molecular complexity index is 757. The van der Waals surface area contributed by atoms with Crippen LogP contribution >= 0.6 is 0 Å². The van der Waals surface area contributed by atoms with Crippen molar-refractivity contribution in [2.45, 2.75) is 32.4 Å². The number of hydrogen-bond donors (Lipinski definition) is 2. The van der Waals surface area contributed by atoms with Crippen LogP contribution in [0.25, 0.3) is 0 Å². The number of carbonyl (C=O) groups excluding carboxylic acids is 2. The van der Waals surface area contributed by atoms with Crippen LogP contribution in [0.2, 0.25) is 0 Å².